The lowest BCUT2D eigenvalue weighted by molar-refractivity contribution is -0.385. The van der Waals surface area contributed by atoms with Crippen LogP contribution in [0.15, 0.2) is 76.7 Å². The van der Waals surface area contributed by atoms with Crippen LogP contribution in [0.3, 0.4) is 0 Å². The van der Waals surface area contributed by atoms with Crippen LogP contribution in [0.25, 0.3) is 0 Å². The van der Waals surface area contributed by atoms with Gasteiger partial charge in [-0.05, 0) is 35.9 Å². The van der Waals surface area contributed by atoms with E-state index >= 15 is 0 Å². The molecule has 12 heteroatoms. The van der Waals surface area contributed by atoms with Crippen molar-refractivity contribution in [2.24, 2.45) is 5.10 Å². The smallest absolute Gasteiger partial charge is 0.337 e. The number of benzene rings is 3. The van der Waals surface area contributed by atoms with Crippen LogP contribution < -0.4 is 10.1 Å². The number of carboxylic acid groups (broad SMARTS) is 1. The minimum Gasteiger partial charge on any atom is -0.478 e. The van der Waals surface area contributed by atoms with Crippen molar-refractivity contribution in [2.45, 2.75) is 4.90 Å². The summed E-state index contributed by atoms with van der Waals surface area (Å²) in [4.78, 5) is 21.2. The largest absolute Gasteiger partial charge is 0.478 e. The van der Waals surface area contributed by atoms with Crippen LogP contribution in [0.1, 0.15) is 15.9 Å². The molecule has 0 spiro atoms. The minimum atomic E-state index is -4.46. The van der Waals surface area contributed by atoms with E-state index in [0.717, 1.165) is 18.2 Å². The Labute approximate surface area is 181 Å². The molecule has 0 bridgehead atoms. The number of nitrogens with one attached hydrogen (secondary N) is 2. The van der Waals surface area contributed by atoms with E-state index in [1.54, 1.807) is 0 Å². The summed E-state index contributed by atoms with van der Waals surface area (Å²) in [6.45, 7) is 0. The molecule has 0 atom stereocenters. The van der Waals surface area contributed by atoms with Gasteiger partial charge in [0.05, 0.1) is 28.1 Å². The highest BCUT2D eigenvalue weighted by molar-refractivity contribution is 7.93. The van der Waals surface area contributed by atoms with Gasteiger partial charge >= 0.3 is 5.97 Å². The third-order valence-corrected chi connectivity index (χ3v) is 5.54. The molecule has 3 aromatic rings. The molecule has 0 fully saturated rings. The molecule has 0 amide bonds. The van der Waals surface area contributed by atoms with Crippen molar-refractivity contribution >= 4 is 39.3 Å². The normalized spacial score (nSPS) is 11.3. The molecule has 0 aliphatic rings. The second-order valence-corrected chi connectivity index (χ2v) is 7.97. The average Bonchev–Trinajstić information content (AvgIpc) is 2.75. The number of rotatable bonds is 8. The van der Waals surface area contributed by atoms with Gasteiger partial charge in [0, 0.05) is 12.1 Å². The lowest BCUT2D eigenvalue weighted by Crippen LogP contribution is -2.17. The number of nitro groups is 1. The number of halogens is 1. The number of aromatic carboxylic acids is 1. The third kappa shape index (κ3) is 5.23. The molecule has 0 saturated heterocycles. The van der Waals surface area contributed by atoms with Gasteiger partial charge in [0.1, 0.15) is 10.7 Å². The van der Waals surface area contributed by atoms with Gasteiger partial charge in [-0.1, -0.05) is 24.3 Å². The summed E-state index contributed by atoms with van der Waals surface area (Å²) >= 11 is 0. The molecule has 0 aliphatic carbocycles. The number of para-hydroxylation sites is 1. The van der Waals surface area contributed by atoms with E-state index < -0.39 is 37.3 Å². The Hall–Kier alpha value is -4.32. The molecule has 3 aromatic carbocycles. The summed E-state index contributed by atoms with van der Waals surface area (Å²) in [5.41, 5.74) is 1.89. The Bertz CT molecular complexity index is 1310. The van der Waals surface area contributed by atoms with E-state index in [1.807, 2.05) is 0 Å². The van der Waals surface area contributed by atoms with Gasteiger partial charge in [-0.15, -0.1) is 0 Å². The molecule has 10 nitrogen and oxygen atoms in total. The number of anilines is 2. The van der Waals surface area contributed by atoms with Crippen LogP contribution in [0, 0.1) is 15.9 Å². The van der Waals surface area contributed by atoms with E-state index in [1.165, 1.54) is 54.7 Å². The molecule has 32 heavy (non-hydrogen) atoms. The Balaban J connectivity index is 1.97. The highest BCUT2D eigenvalue weighted by Gasteiger charge is 2.24. The van der Waals surface area contributed by atoms with Gasteiger partial charge in [-0.25, -0.2) is 17.6 Å². The number of hydrogen-bond donors (Lipinski definition) is 3. The van der Waals surface area contributed by atoms with Gasteiger partial charge in [0.25, 0.3) is 15.7 Å². The molecular formula is C20H15FN4O6S. The zero-order valence-corrected chi connectivity index (χ0v) is 16.9. The van der Waals surface area contributed by atoms with E-state index in [4.69, 9.17) is 0 Å². The predicted octanol–water partition coefficient (Wildman–Crippen LogP) is 3.68. The Morgan fingerprint density at radius 2 is 1.75 bits per heavy atom. The van der Waals surface area contributed by atoms with Gasteiger partial charge in [-0.2, -0.15) is 5.10 Å². The summed E-state index contributed by atoms with van der Waals surface area (Å²) in [6, 6.07) is 13.7. The van der Waals surface area contributed by atoms with Crippen LogP contribution in [-0.2, 0) is 10.0 Å². The molecule has 164 valence electrons. The topological polar surface area (TPSA) is 151 Å². The number of nitro benzene ring substituents is 1. The fraction of sp³-hybridized carbons (Fsp3) is 0. The van der Waals surface area contributed by atoms with E-state index in [9.17, 15) is 32.8 Å². The first-order chi connectivity index (χ1) is 15.2. The first kappa shape index (κ1) is 22.4. The number of carboxylic acids is 1. The van der Waals surface area contributed by atoms with E-state index in [-0.39, 0.29) is 16.9 Å². The number of non-ortho nitro benzene ring substituents is 1. The molecule has 0 aliphatic heterocycles. The summed E-state index contributed by atoms with van der Waals surface area (Å²) in [7, 11) is -4.46. The quantitative estimate of drug-likeness (QED) is 0.265. The van der Waals surface area contributed by atoms with Gasteiger partial charge in [0.15, 0.2) is 0 Å². The third-order valence-electron chi connectivity index (χ3n) is 4.14. The van der Waals surface area contributed by atoms with Crippen molar-refractivity contribution in [1.82, 2.24) is 0 Å². The molecule has 0 saturated carbocycles. The lowest BCUT2D eigenvalue weighted by atomic mass is 10.2. The molecule has 3 N–H and O–H groups in total. The molecule has 0 radical (unpaired) electrons. The maximum atomic E-state index is 13.0. The second kappa shape index (κ2) is 9.22. The molecule has 3 rings (SSSR count). The van der Waals surface area contributed by atoms with Crippen molar-refractivity contribution in [2.75, 3.05) is 10.1 Å². The maximum absolute atomic E-state index is 13.0. The maximum Gasteiger partial charge on any atom is 0.337 e. The average molecular weight is 458 g/mol. The number of nitrogens with zero attached hydrogens (tertiary/aromatic N) is 2. The fourth-order valence-corrected chi connectivity index (χ4v) is 3.88. The highest BCUT2D eigenvalue weighted by atomic mass is 32.2. The summed E-state index contributed by atoms with van der Waals surface area (Å²) in [5, 5.41) is 24.3. The predicted molar refractivity (Wildman–Crippen MR) is 115 cm³/mol. The van der Waals surface area contributed by atoms with Crippen molar-refractivity contribution in [3.05, 3.63) is 93.8 Å². The summed E-state index contributed by atoms with van der Waals surface area (Å²) in [5.74, 6) is -1.80. The van der Waals surface area contributed by atoms with Crippen LogP contribution in [0.4, 0.5) is 21.5 Å². The fourth-order valence-electron chi connectivity index (χ4n) is 2.62. The monoisotopic (exact) mass is 458 g/mol. The van der Waals surface area contributed by atoms with Crippen molar-refractivity contribution in [3.8, 4) is 0 Å². The van der Waals surface area contributed by atoms with Crippen LogP contribution in [0.2, 0.25) is 0 Å². The Kier molecular flexibility index (Phi) is 6.45. The van der Waals surface area contributed by atoms with E-state index in [2.05, 4.69) is 15.2 Å². The van der Waals surface area contributed by atoms with Gasteiger partial charge < -0.3 is 5.11 Å². The minimum absolute atomic E-state index is 0.103. The van der Waals surface area contributed by atoms with Crippen LogP contribution in [-0.4, -0.2) is 30.6 Å². The second-order valence-electron chi connectivity index (χ2n) is 6.32. The standard InChI is InChI=1S/C20H15FN4O6S/c21-14-7-5-13(6-8-14)12-22-23-18-10-9-15(25(28)29)11-19(18)32(30,31)24-17-4-2-1-3-16(17)20(26)27/h1-12,23-24H,(H,26,27). The first-order valence-corrected chi connectivity index (χ1v) is 10.3. The van der Waals surface area contributed by atoms with Gasteiger partial charge in [-0.3, -0.25) is 20.3 Å². The van der Waals surface area contributed by atoms with Crippen molar-refractivity contribution < 1.29 is 27.6 Å². The van der Waals surface area contributed by atoms with Crippen LogP contribution in [0.5, 0.6) is 0 Å². The lowest BCUT2D eigenvalue weighted by Gasteiger charge is -2.13. The Morgan fingerprint density at radius 1 is 1.06 bits per heavy atom. The summed E-state index contributed by atoms with van der Waals surface area (Å²) in [6.07, 6.45) is 1.30. The Morgan fingerprint density at radius 3 is 2.41 bits per heavy atom. The number of hydrogen-bond acceptors (Lipinski definition) is 7. The van der Waals surface area contributed by atoms with Crippen molar-refractivity contribution in [3.63, 3.8) is 0 Å². The molecule has 0 unspecified atom stereocenters. The van der Waals surface area contributed by atoms with Crippen molar-refractivity contribution in [1.29, 1.82) is 0 Å². The molecule has 0 heterocycles. The number of carbonyl (C=O) groups is 1. The zero-order valence-electron chi connectivity index (χ0n) is 16.1. The number of hydrazone groups is 1. The van der Waals surface area contributed by atoms with Crippen LogP contribution >= 0.6 is 0 Å². The molecular weight excluding hydrogens is 443 g/mol. The SMILES string of the molecule is O=C(O)c1ccccc1NS(=O)(=O)c1cc([N+](=O)[O-])ccc1NN=Cc1ccc(F)cc1. The molecule has 0 aromatic heterocycles. The summed E-state index contributed by atoms with van der Waals surface area (Å²) < 4.78 is 41.1. The number of sulfonamides is 1. The first-order valence-electron chi connectivity index (χ1n) is 8.85. The zero-order chi connectivity index (χ0) is 23.3. The van der Waals surface area contributed by atoms with E-state index in [0.29, 0.717) is 5.56 Å². The highest BCUT2D eigenvalue weighted by Crippen LogP contribution is 2.29. The van der Waals surface area contributed by atoms with Gasteiger partial charge in [0.2, 0.25) is 0 Å².